The van der Waals surface area contributed by atoms with E-state index in [1.165, 1.54) is 42.5 Å². The number of hydrogen-bond donors (Lipinski definition) is 0. The minimum atomic E-state index is -4.33. The molecular formula is C27H33IO4S. The van der Waals surface area contributed by atoms with E-state index in [2.05, 4.69) is 90.1 Å². The van der Waals surface area contributed by atoms with E-state index in [-0.39, 0.29) is 36.9 Å². The van der Waals surface area contributed by atoms with Gasteiger partial charge in [0.25, 0.3) is 0 Å². The maximum Gasteiger partial charge on any atom is 0.358 e. The largest absolute Gasteiger partial charge is 0.744 e. The van der Waals surface area contributed by atoms with E-state index in [1.807, 2.05) is 0 Å². The number of rotatable bonds is 4. The highest BCUT2D eigenvalue weighted by molar-refractivity contribution is 7.85. The highest BCUT2D eigenvalue weighted by Crippen LogP contribution is 2.23. The smallest absolute Gasteiger partial charge is 0.358 e. The van der Waals surface area contributed by atoms with Crippen LogP contribution in [0.3, 0.4) is 0 Å². The van der Waals surface area contributed by atoms with E-state index in [4.69, 9.17) is 4.74 Å². The molecule has 0 radical (unpaired) electrons. The number of benzene rings is 3. The molecule has 4 nitrogen and oxygen atoms in total. The Hall–Kier alpha value is -1.90. The lowest BCUT2D eigenvalue weighted by molar-refractivity contribution is -0.599. The van der Waals surface area contributed by atoms with Crippen LogP contribution in [-0.4, -0.2) is 20.1 Å². The van der Waals surface area contributed by atoms with Crippen molar-refractivity contribution in [2.45, 2.75) is 57.3 Å². The molecule has 0 unspecified atom stereocenters. The zero-order valence-corrected chi connectivity index (χ0v) is 23.3. The molecule has 0 aromatic heterocycles. The lowest BCUT2D eigenvalue weighted by Gasteiger charge is -2.20. The van der Waals surface area contributed by atoms with Gasteiger partial charge in [-0.05, 0) is 47.2 Å². The molecule has 0 heterocycles. The zero-order chi connectivity index (χ0) is 24.9. The third-order valence-electron chi connectivity index (χ3n) is 4.92. The molecule has 0 aliphatic rings. The van der Waals surface area contributed by atoms with Gasteiger partial charge in [-0.3, -0.25) is 0 Å². The maximum atomic E-state index is 10.4. The summed E-state index contributed by atoms with van der Waals surface area (Å²) in [5.41, 5.74) is 3.43. The molecule has 0 aliphatic heterocycles. The summed E-state index contributed by atoms with van der Waals surface area (Å²) in [4.78, 5) is -0.247. The molecule has 0 aliphatic carbocycles. The molecule has 0 saturated heterocycles. The highest BCUT2D eigenvalue weighted by Gasteiger charge is 2.30. The fourth-order valence-corrected chi connectivity index (χ4v) is 7.58. The van der Waals surface area contributed by atoms with Gasteiger partial charge >= 0.3 is 21.2 Å². The third kappa shape index (κ3) is 8.12. The van der Waals surface area contributed by atoms with Gasteiger partial charge in [0.15, 0.2) is 7.14 Å². The Labute approximate surface area is 209 Å². The summed E-state index contributed by atoms with van der Waals surface area (Å²) < 4.78 is 39.2. The van der Waals surface area contributed by atoms with E-state index in [0.717, 1.165) is 0 Å². The van der Waals surface area contributed by atoms with Crippen LogP contribution < -0.4 is 25.9 Å². The van der Waals surface area contributed by atoms with Crippen LogP contribution in [0, 0.1) is 7.14 Å². The Balaban J connectivity index is 0.000000273. The lowest BCUT2D eigenvalue weighted by Crippen LogP contribution is -3.62. The fraction of sp³-hybridized carbons (Fsp3) is 0.333. The first-order valence-corrected chi connectivity index (χ1v) is 14.2. The van der Waals surface area contributed by atoms with E-state index < -0.39 is 10.1 Å². The molecular weight excluding hydrogens is 547 g/mol. The Morgan fingerprint density at radius 1 is 0.697 bits per heavy atom. The van der Waals surface area contributed by atoms with Gasteiger partial charge in [-0.25, -0.2) is 8.42 Å². The summed E-state index contributed by atoms with van der Waals surface area (Å²) >= 11 is -0.147. The Kier molecular flexibility index (Phi) is 9.13. The number of methoxy groups -OCH3 is 1. The van der Waals surface area contributed by atoms with Crippen molar-refractivity contribution < 1.29 is 38.9 Å². The predicted molar refractivity (Wildman–Crippen MR) is 129 cm³/mol. The molecule has 0 fully saturated rings. The van der Waals surface area contributed by atoms with Crippen molar-refractivity contribution in [3.8, 4) is 5.75 Å². The number of ether oxygens (including phenoxy) is 1. The van der Waals surface area contributed by atoms with Crippen LogP contribution in [0.1, 0.15) is 52.7 Å². The standard InChI is InChI=1S/C20H26I.C7H8O4S/c1-19(2,3)15-11-7-9-13-17(15)21-18-14-10-8-12-16(18)20(4,5)6;1-11-6-2-4-7(5-3-6)12(8,9)10/h7-14H,1-6H3;2-5H,1H3,(H,8,9,10)/q+1;/p-1. The number of hydrogen-bond acceptors (Lipinski definition) is 4. The van der Waals surface area contributed by atoms with Gasteiger partial charge in [-0.2, -0.15) is 0 Å². The monoisotopic (exact) mass is 580 g/mol. The predicted octanol–water partition coefficient (Wildman–Crippen LogP) is 3.01. The quantitative estimate of drug-likeness (QED) is 0.352. The van der Waals surface area contributed by atoms with Crippen LogP contribution in [0.25, 0.3) is 0 Å². The van der Waals surface area contributed by atoms with E-state index in [1.54, 1.807) is 7.14 Å². The van der Waals surface area contributed by atoms with Crippen LogP contribution in [0.5, 0.6) is 5.75 Å². The second-order valence-electron chi connectivity index (χ2n) is 9.68. The second kappa shape index (κ2) is 11.0. The lowest BCUT2D eigenvalue weighted by atomic mass is 9.87. The average molecular weight is 581 g/mol. The van der Waals surface area contributed by atoms with Crippen LogP contribution >= 0.6 is 0 Å². The summed E-state index contributed by atoms with van der Waals surface area (Å²) in [7, 11) is -2.87. The van der Waals surface area contributed by atoms with Crippen molar-refractivity contribution in [2.75, 3.05) is 7.11 Å². The second-order valence-corrected chi connectivity index (χ2v) is 13.9. The SMILES string of the molecule is CC(C)(C)c1ccccc1[I+]c1ccccc1C(C)(C)C.COc1ccc(S(=O)(=O)[O-])cc1. The minimum Gasteiger partial charge on any atom is -0.744 e. The molecule has 3 rings (SSSR count). The summed E-state index contributed by atoms with van der Waals surface area (Å²) in [5.74, 6) is 0.516. The van der Waals surface area contributed by atoms with Gasteiger partial charge < -0.3 is 9.29 Å². The van der Waals surface area contributed by atoms with Crippen LogP contribution in [-0.2, 0) is 20.9 Å². The van der Waals surface area contributed by atoms with Crippen molar-refractivity contribution >= 4 is 10.1 Å². The zero-order valence-electron chi connectivity index (χ0n) is 20.3. The molecule has 3 aromatic carbocycles. The van der Waals surface area contributed by atoms with Gasteiger partial charge in [0.05, 0.1) is 12.0 Å². The van der Waals surface area contributed by atoms with Gasteiger partial charge in [-0.15, -0.1) is 0 Å². The van der Waals surface area contributed by atoms with Crippen LogP contribution in [0.15, 0.2) is 77.7 Å². The highest BCUT2D eigenvalue weighted by atomic mass is 127. The van der Waals surface area contributed by atoms with E-state index in [0.29, 0.717) is 5.75 Å². The molecule has 3 aromatic rings. The summed E-state index contributed by atoms with van der Waals surface area (Å²) in [6, 6.07) is 23.2. The van der Waals surface area contributed by atoms with Crippen molar-refractivity contribution in [3.63, 3.8) is 0 Å². The Morgan fingerprint density at radius 3 is 1.42 bits per heavy atom. The fourth-order valence-electron chi connectivity index (χ4n) is 3.16. The van der Waals surface area contributed by atoms with Gasteiger partial charge in [0.1, 0.15) is 15.9 Å². The minimum absolute atomic E-state index is 0.147. The van der Waals surface area contributed by atoms with Crippen LogP contribution in [0.2, 0.25) is 0 Å². The van der Waals surface area contributed by atoms with Gasteiger partial charge in [0, 0.05) is 11.1 Å². The molecule has 0 spiro atoms. The Morgan fingerprint density at radius 2 is 1.09 bits per heavy atom. The molecule has 0 saturated carbocycles. The van der Waals surface area contributed by atoms with E-state index >= 15 is 0 Å². The summed E-state index contributed by atoms with van der Waals surface area (Å²) in [6.07, 6.45) is 0. The van der Waals surface area contributed by atoms with Gasteiger partial charge in [-0.1, -0.05) is 77.9 Å². The third-order valence-corrected chi connectivity index (χ3v) is 8.81. The van der Waals surface area contributed by atoms with Crippen molar-refractivity contribution in [1.82, 2.24) is 0 Å². The Bertz CT molecular complexity index is 1100. The van der Waals surface area contributed by atoms with Crippen molar-refractivity contribution in [3.05, 3.63) is 91.1 Å². The normalized spacial score (nSPS) is 12.0. The van der Waals surface area contributed by atoms with Crippen molar-refractivity contribution in [2.24, 2.45) is 0 Å². The van der Waals surface area contributed by atoms with Gasteiger partial charge in [0.2, 0.25) is 0 Å². The summed E-state index contributed by atoms with van der Waals surface area (Å²) in [5, 5.41) is 0. The average Bonchev–Trinajstić information content (AvgIpc) is 2.73. The molecule has 0 atom stereocenters. The molecule has 0 N–H and O–H groups in total. The molecule has 178 valence electrons. The van der Waals surface area contributed by atoms with E-state index in [9.17, 15) is 13.0 Å². The first-order valence-electron chi connectivity index (χ1n) is 10.7. The van der Waals surface area contributed by atoms with Crippen LogP contribution in [0.4, 0.5) is 0 Å². The van der Waals surface area contributed by atoms with Crippen molar-refractivity contribution in [1.29, 1.82) is 0 Å². The maximum absolute atomic E-state index is 10.4. The molecule has 33 heavy (non-hydrogen) atoms. The molecule has 0 amide bonds. The topological polar surface area (TPSA) is 66.4 Å². The first kappa shape index (κ1) is 27.3. The molecule has 6 heteroatoms. The molecule has 0 bridgehead atoms. The summed E-state index contributed by atoms with van der Waals surface area (Å²) in [6.45, 7) is 13.9. The first-order chi connectivity index (χ1) is 15.2. The number of halogens is 1.